The number of ether oxygens (including phenoxy) is 1. The average molecular weight is 408 g/mol. The molecule has 0 saturated heterocycles. The fourth-order valence-electron chi connectivity index (χ4n) is 4.04. The molecule has 5 rings (SSSR count). The van der Waals surface area contributed by atoms with Gasteiger partial charge in [-0.05, 0) is 38.1 Å². The van der Waals surface area contributed by atoms with E-state index in [-0.39, 0.29) is 5.88 Å². The lowest BCUT2D eigenvalue weighted by molar-refractivity contribution is 0.367. The number of nitriles is 1. The van der Waals surface area contributed by atoms with E-state index in [9.17, 15) is 5.26 Å². The van der Waals surface area contributed by atoms with Crippen LogP contribution in [0.15, 0.2) is 78.3 Å². The molecule has 152 valence electrons. The lowest BCUT2D eigenvalue weighted by Gasteiger charge is -2.24. The number of benzene rings is 2. The van der Waals surface area contributed by atoms with Gasteiger partial charge in [-0.25, -0.2) is 9.36 Å². The molecule has 3 heterocycles. The molecule has 0 aliphatic carbocycles. The minimum Gasteiger partial charge on any atom is -0.422 e. The Morgan fingerprint density at radius 2 is 1.58 bits per heavy atom. The van der Waals surface area contributed by atoms with Crippen LogP contribution in [0, 0.1) is 25.2 Å². The molecule has 7 heteroatoms. The highest BCUT2D eigenvalue weighted by Crippen LogP contribution is 2.45. The first kappa shape index (κ1) is 18.7. The zero-order valence-corrected chi connectivity index (χ0v) is 17.1. The lowest BCUT2D eigenvalue weighted by atomic mass is 9.84. The molecule has 2 N–H and O–H groups in total. The molecule has 0 fully saturated rings. The van der Waals surface area contributed by atoms with Crippen LogP contribution in [0.4, 0.5) is 0 Å². The maximum absolute atomic E-state index is 9.93. The van der Waals surface area contributed by atoms with Gasteiger partial charge in [-0.3, -0.25) is 0 Å². The Kier molecular flexibility index (Phi) is 4.33. The highest BCUT2D eigenvalue weighted by Gasteiger charge is 2.37. The summed E-state index contributed by atoms with van der Waals surface area (Å²) in [5, 5.41) is 19.3. The smallest absolute Gasteiger partial charge is 0.229 e. The van der Waals surface area contributed by atoms with Crippen LogP contribution in [0.2, 0.25) is 0 Å². The van der Waals surface area contributed by atoms with E-state index < -0.39 is 5.92 Å². The number of allylic oxidation sites excluding steroid dienone is 1. The third-order valence-electron chi connectivity index (χ3n) is 5.50. The summed E-state index contributed by atoms with van der Waals surface area (Å²) in [7, 11) is 0. The van der Waals surface area contributed by atoms with Crippen molar-refractivity contribution in [2.24, 2.45) is 5.73 Å². The summed E-state index contributed by atoms with van der Waals surface area (Å²) in [4.78, 5) is 0. The van der Waals surface area contributed by atoms with Crippen molar-refractivity contribution in [2.75, 3.05) is 0 Å². The molecule has 4 aromatic rings. The van der Waals surface area contributed by atoms with Crippen molar-refractivity contribution in [1.82, 2.24) is 19.6 Å². The zero-order valence-electron chi connectivity index (χ0n) is 17.1. The van der Waals surface area contributed by atoms with Crippen LogP contribution in [0.1, 0.15) is 28.4 Å². The van der Waals surface area contributed by atoms with Crippen molar-refractivity contribution < 1.29 is 4.74 Å². The number of aryl methyl sites for hydroxylation is 2. The van der Waals surface area contributed by atoms with E-state index in [1.165, 1.54) is 0 Å². The fourth-order valence-corrected chi connectivity index (χ4v) is 4.04. The Bertz CT molecular complexity index is 1340. The van der Waals surface area contributed by atoms with Crippen LogP contribution < -0.4 is 10.5 Å². The van der Waals surface area contributed by atoms with Gasteiger partial charge in [-0.2, -0.15) is 15.5 Å². The number of aromatic nitrogens is 4. The van der Waals surface area contributed by atoms with E-state index in [1.807, 2.05) is 85.4 Å². The molecule has 0 saturated carbocycles. The number of nitrogens with two attached hydrogens (primary N) is 1. The maximum atomic E-state index is 9.93. The molecule has 1 aliphatic heterocycles. The molecule has 31 heavy (non-hydrogen) atoms. The monoisotopic (exact) mass is 408 g/mol. The number of para-hydroxylation sites is 2. The molecule has 0 spiro atoms. The van der Waals surface area contributed by atoms with Crippen molar-refractivity contribution in [3.63, 3.8) is 0 Å². The minimum absolute atomic E-state index is 0.0870. The molecule has 0 amide bonds. The molecule has 1 atom stereocenters. The topological polar surface area (TPSA) is 94.7 Å². The Morgan fingerprint density at radius 1 is 0.935 bits per heavy atom. The van der Waals surface area contributed by atoms with E-state index in [0.717, 1.165) is 33.9 Å². The van der Waals surface area contributed by atoms with E-state index in [1.54, 1.807) is 4.68 Å². The van der Waals surface area contributed by atoms with Crippen LogP contribution in [-0.2, 0) is 0 Å². The molecule has 0 bridgehead atoms. The van der Waals surface area contributed by atoms with Crippen molar-refractivity contribution in [3.05, 3.63) is 101 Å². The summed E-state index contributed by atoms with van der Waals surface area (Å²) in [6.45, 7) is 3.86. The summed E-state index contributed by atoms with van der Waals surface area (Å²) in [6, 6.07) is 21.8. The van der Waals surface area contributed by atoms with Crippen molar-refractivity contribution in [2.45, 2.75) is 19.8 Å². The van der Waals surface area contributed by atoms with Gasteiger partial charge in [0.05, 0.1) is 34.2 Å². The molecule has 7 nitrogen and oxygen atoms in total. The molecule has 0 radical (unpaired) electrons. The van der Waals surface area contributed by atoms with Gasteiger partial charge in [0.15, 0.2) is 0 Å². The van der Waals surface area contributed by atoms with E-state index >= 15 is 0 Å². The molecule has 0 unspecified atom stereocenters. The first-order valence-corrected chi connectivity index (χ1v) is 9.92. The largest absolute Gasteiger partial charge is 0.422 e. The normalized spacial score (nSPS) is 15.3. The SMILES string of the molecule is Cc1nn(-c2ccccc2)cc1[C@@H]1C(C#N)=C(N)Oc2c1c(C)nn2-c1ccccc1. The Morgan fingerprint density at radius 3 is 2.23 bits per heavy atom. The van der Waals surface area contributed by atoms with Gasteiger partial charge in [0.2, 0.25) is 11.8 Å². The number of rotatable bonds is 3. The zero-order chi connectivity index (χ0) is 21.5. The summed E-state index contributed by atoms with van der Waals surface area (Å²) >= 11 is 0. The summed E-state index contributed by atoms with van der Waals surface area (Å²) in [5.74, 6) is 0.199. The first-order valence-electron chi connectivity index (χ1n) is 9.92. The quantitative estimate of drug-likeness (QED) is 0.555. The number of hydrogen-bond donors (Lipinski definition) is 1. The first-order chi connectivity index (χ1) is 15.1. The van der Waals surface area contributed by atoms with Crippen LogP contribution in [0.5, 0.6) is 5.88 Å². The van der Waals surface area contributed by atoms with Crippen molar-refractivity contribution in [1.29, 1.82) is 5.26 Å². The van der Waals surface area contributed by atoms with Crippen LogP contribution in [0.3, 0.4) is 0 Å². The van der Waals surface area contributed by atoms with Crippen LogP contribution >= 0.6 is 0 Å². The Balaban J connectivity index is 1.71. The predicted molar refractivity (Wildman–Crippen MR) is 116 cm³/mol. The predicted octanol–water partition coefficient (Wildman–Crippen LogP) is 3.89. The molecule has 2 aromatic carbocycles. The van der Waals surface area contributed by atoms with Gasteiger partial charge >= 0.3 is 0 Å². The third-order valence-corrected chi connectivity index (χ3v) is 5.50. The second-order valence-corrected chi connectivity index (χ2v) is 7.43. The second kappa shape index (κ2) is 7.18. The molecule has 1 aliphatic rings. The minimum atomic E-state index is -0.413. The van der Waals surface area contributed by atoms with Crippen molar-refractivity contribution >= 4 is 0 Å². The van der Waals surface area contributed by atoms with Crippen LogP contribution in [0.25, 0.3) is 11.4 Å². The average Bonchev–Trinajstić information content (AvgIpc) is 3.34. The van der Waals surface area contributed by atoms with Gasteiger partial charge in [0.1, 0.15) is 11.6 Å². The summed E-state index contributed by atoms with van der Waals surface area (Å²) in [5.41, 5.74) is 11.7. The summed E-state index contributed by atoms with van der Waals surface area (Å²) in [6.07, 6.45) is 1.95. The van der Waals surface area contributed by atoms with Gasteiger partial charge in [0, 0.05) is 11.8 Å². The van der Waals surface area contributed by atoms with Gasteiger partial charge < -0.3 is 10.5 Å². The molecular formula is C24H20N6O. The fraction of sp³-hybridized carbons (Fsp3) is 0.125. The van der Waals surface area contributed by atoms with E-state index in [0.29, 0.717) is 11.5 Å². The van der Waals surface area contributed by atoms with Gasteiger partial charge in [-0.15, -0.1) is 0 Å². The number of nitrogens with zero attached hydrogens (tertiary/aromatic N) is 5. The number of fused-ring (bicyclic) bond motifs is 1. The molecule has 2 aromatic heterocycles. The maximum Gasteiger partial charge on any atom is 0.229 e. The van der Waals surface area contributed by atoms with E-state index in [4.69, 9.17) is 20.7 Å². The Hall–Kier alpha value is -4.31. The highest BCUT2D eigenvalue weighted by molar-refractivity contribution is 5.57. The Labute approximate surface area is 179 Å². The molecular weight excluding hydrogens is 388 g/mol. The number of hydrogen-bond acceptors (Lipinski definition) is 5. The van der Waals surface area contributed by atoms with E-state index in [2.05, 4.69) is 6.07 Å². The van der Waals surface area contributed by atoms with Gasteiger partial charge in [-0.1, -0.05) is 36.4 Å². The standard InChI is InChI=1S/C24H20N6O/c1-15-20(14-29(27-15)17-9-5-3-6-10-17)22-19(13-25)23(26)31-24-21(22)16(2)28-30(24)18-11-7-4-8-12-18/h3-12,14,22H,26H2,1-2H3/t22-/m0/s1. The van der Waals surface area contributed by atoms with Crippen LogP contribution in [-0.4, -0.2) is 19.6 Å². The second-order valence-electron chi connectivity index (χ2n) is 7.43. The lowest BCUT2D eigenvalue weighted by Crippen LogP contribution is -2.22. The summed E-state index contributed by atoms with van der Waals surface area (Å²) < 4.78 is 9.49. The highest BCUT2D eigenvalue weighted by atomic mass is 16.5. The van der Waals surface area contributed by atoms with Gasteiger partial charge in [0.25, 0.3) is 0 Å². The van der Waals surface area contributed by atoms with Crippen molar-refractivity contribution in [3.8, 4) is 23.3 Å². The third kappa shape index (κ3) is 2.97.